The average molecular weight is 516 g/mol. The Kier molecular flexibility index (Phi) is 10.7. The number of rotatable bonds is 8. The highest BCUT2D eigenvalue weighted by Crippen LogP contribution is 2.31. The Morgan fingerprint density at radius 3 is 2.48 bits per heavy atom. The van der Waals surface area contributed by atoms with Crippen molar-refractivity contribution in [2.75, 3.05) is 46.5 Å². The van der Waals surface area contributed by atoms with Gasteiger partial charge in [0.2, 0.25) is 0 Å². The van der Waals surface area contributed by atoms with Crippen LogP contribution in [0.1, 0.15) is 43.2 Å². The molecule has 164 valence electrons. The molecular formula is C22H37IN4O2. The van der Waals surface area contributed by atoms with Crippen molar-refractivity contribution >= 4 is 29.9 Å². The first-order valence-electron chi connectivity index (χ1n) is 10.7. The van der Waals surface area contributed by atoms with E-state index < -0.39 is 0 Å². The third-order valence-corrected chi connectivity index (χ3v) is 6.02. The third-order valence-electron chi connectivity index (χ3n) is 6.02. The van der Waals surface area contributed by atoms with Gasteiger partial charge >= 0.3 is 0 Å². The van der Waals surface area contributed by atoms with Crippen LogP contribution < -0.4 is 10.6 Å². The Morgan fingerprint density at radius 1 is 1.14 bits per heavy atom. The summed E-state index contributed by atoms with van der Waals surface area (Å²) in [6.45, 7) is 6.71. The SMILES string of the molecule is CN=C(NCc1ccc(CN2CCCCC2)cc1)NCC1(CCO)CCOC1.I. The van der Waals surface area contributed by atoms with Crippen molar-refractivity contribution in [2.24, 2.45) is 10.4 Å². The van der Waals surface area contributed by atoms with Crippen LogP contribution in [0.4, 0.5) is 0 Å². The van der Waals surface area contributed by atoms with Gasteiger partial charge in [-0.15, -0.1) is 24.0 Å². The molecule has 7 heteroatoms. The van der Waals surface area contributed by atoms with Crippen LogP contribution in [-0.2, 0) is 17.8 Å². The van der Waals surface area contributed by atoms with Gasteiger partial charge in [0.25, 0.3) is 0 Å². The van der Waals surface area contributed by atoms with Crippen molar-refractivity contribution in [3.8, 4) is 0 Å². The Balaban J connectivity index is 0.00000300. The Morgan fingerprint density at radius 2 is 1.86 bits per heavy atom. The maximum atomic E-state index is 9.36. The van der Waals surface area contributed by atoms with Crippen molar-refractivity contribution in [1.82, 2.24) is 15.5 Å². The molecule has 2 fully saturated rings. The monoisotopic (exact) mass is 516 g/mol. The van der Waals surface area contributed by atoms with E-state index in [9.17, 15) is 5.11 Å². The summed E-state index contributed by atoms with van der Waals surface area (Å²) in [5, 5.41) is 16.2. The number of nitrogens with one attached hydrogen (secondary N) is 2. The van der Waals surface area contributed by atoms with Crippen LogP contribution in [0.5, 0.6) is 0 Å². The number of likely N-dealkylation sites (tertiary alicyclic amines) is 1. The van der Waals surface area contributed by atoms with E-state index in [1.807, 2.05) is 0 Å². The summed E-state index contributed by atoms with van der Waals surface area (Å²) < 4.78 is 5.56. The van der Waals surface area contributed by atoms with Crippen molar-refractivity contribution < 1.29 is 9.84 Å². The predicted octanol–water partition coefficient (Wildman–Crippen LogP) is 2.74. The second-order valence-electron chi connectivity index (χ2n) is 8.21. The lowest BCUT2D eigenvalue weighted by molar-refractivity contribution is 0.127. The number of halogens is 1. The zero-order chi connectivity index (χ0) is 19.7. The van der Waals surface area contributed by atoms with Gasteiger partial charge in [0.15, 0.2) is 5.96 Å². The van der Waals surface area contributed by atoms with E-state index >= 15 is 0 Å². The molecule has 29 heavy (non-hydrogen) atoms. The number of aliphatic hydroxyl groups is 1. The van der Waals surface area contributed by atoms with Gasteiger partial charge < -0.3 is 20.5 Å². The maximum Gasteiger partial charge on any atom is 0.191 e. The standard InChI is InChI=1S/C22H36N4O2.HI/c1-23-21(25-17-22(9-13-27)10-14-28-18-22)24-15-19-5-7-20(8-6-19)16-26-11-3-2-4-12-26;/h5-8,27H,2-4,9-18H2,1H3,(H2,23,24,25);1H. The minimum absolute atomic E-state index is 0. The minimum atomic E-state index is 0. The van der Waals surface area contributed by atoms with Gasteiger partial charge in [-0.1, -0.05) is 30.7 Å². The van der Waals surface area contributed by atoms with E-state index in [1.165, 1.54) is 43.5 Å². The molecular weight excluding hydrogens is 479 g/mol. The number of ether oxygens (including phenoxy) is 1. The molecule has 2 saturated heterocycles. The van der Waals surface area contributed by atoms with Crippen LogP contribution in [0.3, 0.4) is 0 Å². The van der Waals surface area contributed by atoms with E-state index in [2.05, 4.69) is 44.8 Å². The van der Waals surface area contributed by atoms with Crippen LogP contribution in [0.25, 0.3) is 0 Å². The van der Waals surface area contributed by atoms with E-state index in [-0.39, 0.29) is 36.0 Å². The van der Waals surface area contributed by atoms with Gasteiger partial charge in [-0.25, -0.2) is 0 Å². The summed E-state index contributed by atoms with van der Waals surface area (Å²) in [4.78, 5) is 6.89. The fourth-order valence-electron chi connectivity index (χ4n) is 4.13. The smallest absolute Gasteiger partial charge is 0.191 e. The highest BCUT2D eigenvalue weighted by Gasteiger charge is 2.34. The van der Waals surface area contributed by atoms with Gasteiger partial charge in [-0.2, -0.15) is 0 Å². The molecule has 0 aliphatic carbocycles. The topological polar surface area (TPSA) is 69.1 Å². The van der Waals surface area contributed by atoms with Gasteiger partial charge in [0.05, 0.1) is 6.61 Å². The second kappa shape index (κ2) is 12.7. The number of piperidine rings is 1. The summed E-state index contributed by atoms with van der Waals surface area (Å²) in [6.07, 6.45) is 5.79. The number of benzene rings is 1. The fourth-order valence-corrected chi connectivity index (χ4v) is 4.13. The van der Waals surface area contributed by atoms with E-state index in [0.717, 1.165) is 45.0 Å². The fraction of sp³-hybridized carbons (Fsp3) is 0.682. The van der Waals surface area contributed by atoms with Gasteiger partial charge in [0.1, 0.15) is 0 Å². The molecule has 0 aromatic heterocycles. The molecule has 3 N–H and O–H groups in total. The molecule has 0 spiro atoms. The van der Waals surface area contributed by atoms with Crippen LogP contribution >= 0.6 is 24.0 Å². The first-order chi connectivity index (χ1) is 13.7. The predicted molar refractivity (Wildman–Crippen MR) is 129 cm³/mol. The Labute approximate surface area is 192 Å². The first-order valence-corrected chi connectivity index (χ1v) is 10.7. The van der Waals surface area contributed by atoms with E-state index in [0.29, 0.717) is 6.61 Å². The van der Waals surface area contributed by atoms with Gasteiger partial charge in [-0.05, 0) is 49.9 Å². The largest absolute Gasteiger partial charge is 0.396 e. The number of nitrogens with zero attached hydrogens (tertiary/aromatic N) is 2. The first kappa shape index (κ1) is 24.4. The quantitative estimate of drug-likeness (QED) is 0.282. The molecule has 1 aromatic rings. The number of hydrogen-bond donors (Lipinski definition) is 3. The van der Waals surface area contributed by atoms with Crippen LogP contribution in [0, 0.1) is 5.41 Å². The molecule has 0 bridgehead atoms. The summed E-state index contributed by atoms with van der Waals surface area (Å²) in [6, 6.07) is 8.90. The van der Waals surface area contributed by atoms with Crippen LogP contribution in [0.2, 0.25) is 0 Å². The summed E-state index contributed by atoms with van der Waals surface area (Å²) in [5.41, 5.74) is 2.66. The zero-order valence-corrected chi connectivity index (χ0v) is 20.0. The van der Waals surface area contributed by atoms with Crippen LogP contribution in [-0.4, -0.2) is 62.5 Å². The average Bonchev–Trinajstić information content (AvgIpc) is 3.19. The number of guanidine groups is 1. The molecule has 0 radical (unpaired) electrons. The lowest BCUT2D eigenvalue weighted by Gasteiger charge is -2.27. The third kappa shape index (κ3) is 7.70. The lowest BCUT2D eigenvalue weighted by atomic mass is 9.84. The van der Waals surface area contributed by atoms with E-state index in [4.69, 9.17) is 4.74 Å². The van der Waals surface area contributed by atoms with Crippen molar-refractivity contribution in [2.45, 2.75) is 45.2 Å². The molecule has 1 aromatic carbocycles. The highest BCUT2D eigenvalue weighted by atomic mass is 127. The maximum absolute atomic E-state index is 9.36. The molecule has 0 amide bonds. The minimum Gasteiger partial charge on any atom is -0.396 e. The number of aliphatic imine (C=N–C) groups is 1. The van der Waals surface area contributed by atoms with Gasteiger partial charge in [-0.3, -0.25) is 9.89 Å². The summed E-state index contributed by atoms with van der Waals surface area (Å²) in [5.74, 6) is 0.793. The Hall–Kier alpha value is -0.900. The molecule has 2 aliphatic heterocycles. The molecule has 2 aliphatic rings. The highest BCUT2D eigenvalue weighted by molar-refractivity contribution is 14.0. The zero-order valence-electron chi connectivity index (χ0n) is 17.7. The summed E-state index contributed by atoms with van der Waals surface area (Å²) >= 11 is 0. The number of hydrogen-bond acceptors (Lipinski definition) is 4. The molecule has 1 atom stereocenters. The van der Waals surface area contributed by atoms with E-state index in [1.54, 1.807) is 7.05 Å². The molecule has 6 nitrogen and oxygen atoms in total. The molecule has 2 heterocycles. The van der Waals surface area contributed by atoms with Crippen molar-refractivity contribution in [3.05, 3.63) is 35.4 Å². The van der Waals surface area contributed by atoms with Gasteiger partial charge in [0, 0.05) is 45.3 Å². The molecule has 1 unspecified atom stereocenters. The second-order valence-corrected chi connectivity index (χ2v) is 8.21. The van der Waals surface area contributed by atoms with Crippen molar-refractivity contribution in [3.63, 3.8) is 0 Å². The summed E-state index contributed by atoms with van der Waals surface area (Å²) in [7, 11) is 1.79. The Bertz CT molecular complexity index is 612. The van der Waals surface area contributed by atoms with Crippen molar-refractivity contribution in [1.29, 1.82) is 0 Å². The lowest BCUT2D eigenvalue weighted by Crippen LogP contribution is -2.44. The van der Waals surface area contributed by atoms with Crippen LogP contribution in [0.15, 0.2) is 29.3 Å². The molecule has 3 rings (SSSR count). The number of aliphatic hydroxyl groups excluding tert-OH is 1. The normalized spacial score (nSPS) is 22.9. The molecule has 0 saturated carbocycles.